The van der Waals surface area contributed by atoms with Gasteiger partial charge in [0.1, 0.15) is 0 Å². The molecule has 2 N–H and O–H groups in total. The van der Waals surface area contributed by atoms with E-state index in [-0.39, 0.29) is 29.6 Å². The molecule has 20 heavy (non-hydrogen) atoms. The molecule has 0 radical (unpaired) electrons. The van der Waals surface area contributed by atoms with Gasteiger partial charge in [-0.25, -0.2) is 0 Å². The van der Waals surface area contributed by atoms with Crippen molar-refractivity contribution in [2.75, 3.05) is 46.9 Å². The fraction of sp³-hybridized carbons (Fsp3) is 0.929. The van der Waals surface area contributed by atoms with Crippen molar-refractivity contribution in [1.29, 1.82) is 0 Å². The highest BCUT2D eigenvalue weighted by molar-refractivity contribution is 14.0. The average molecular weight is 398 g/mol. The van der Waals surface area contributed by atoms with Crippen LogP contribution in [0.15, 0.2) is 4.99 Å². The molecule has 1 aliphatic heterocycles. The molecule has 5 nitrogen and oxygen atoms in total. The van der Waals surface area contributed by atoms with E-state index in [0.29, 0.717) is 6.54 Å². The van der Waals surface area contributed by atoms with Gasteiger partial charge in [0.15, 0.2) is 5.96 Å². The quantitative estimate of drug-likeness (QED) is 0.405. The second kappa shape index (κ2) is 9.78. The van der Waals surface area contributed by atoms with Gasteiger partial charge >= 0.3 is 0 Å². The second-order valence-electron chi connectivity index (χ2n) is 5.96. The lowest BCUT2D eigenvalue weighted by molar-refractivity contribution is 0.0310. The Morgan fingerprint density at radius 2 is 2.10 bits per heavy atom. The third-order valence-corrected chi connectivity index (χ3v) is 3.56. The number of guanidine groups is 1. The van der Waals surface area contributed by atoms with Gasteiger partial charge < -0.3 is 20.3 Å². The first-order valence-corrected chi connectivity index (χ1v) is 7.22. The van der Waals surface area contributed by atoms with Crippen molar-refractivity contribution in [2.24, 2.45) is 10.9 Å². The van der Waals surface area contributed by atoms with E-state index in [1.807, 2.05) is 13.8 Å². The van der Waals surface area contributed by atoms with E-state index in [0.717, 1.165) is 25.0 Å². The van der Waals surface area contributed by atoms with Crippen LogP contribution in [0.4, 0.5) is 0 Å². The fourth-order valence-corrected chi connectivity index (χ4v) is 2.11. The number of methoxy groups -OCH3 is 1. The summed E-state index contributed by atoms with van der Waals surface area (Å²) in [5.41, 5.74) is -0.212. The molecule has 0 bridgehead atoms. The largest absolute Gasteiger partial charge is 0.377 e. The third kappa shape index (κ3) is 7.64. The van der Waals surface area contributed by atoms with Crippen molar-refractivity contribution >= 4 is 29.9 Å². The average Bonchev–Trinajstić information content (AvgIpc) is 2.79. The van der Waals surface area contributed by atoms with E-state index in [9.17, 15) is 0 Å². The van der Waals surface area contributed by atoms with E-state index >= 15 is 0 Å². The first-order chi connectivity index (χ1) is 8.96. The molecule has 1 saturated heterocycles. The minimum Gasteiger partial charge on any atom is -0.377 e. The molecule has 1 heterocycles. The standard InChI is InChI=1S/C14H30N4O.HI/c1-6-15-13(17-11-14(2,3)19-5)16-9-12-7-8-18(4)10-12;/h12H,6-11H2,1-5H3,(H2,15,16,17);1H. The van der Waals surface area contributed by atoms with Crippen LogP contribution in [0, 0.1) is 5.92 Å². The SMILES string of the molecule is CCNC(=NCC(C)(C)OC)NCC1CCN(C)C1.I. The van der Waals surface area contributed by atoms with E-state index in [1.54, 1.807) is 7.11 Å². The number of rotatable bonds is 6. The van der Waals surface area contributed by atoms with Crippen LogP contribution in [0.3, 0.4) is 0 Å². The van der Waals surface area contributed by atoms with Crippen LogP contribution in [0.5, 0.6) is 0 Å². The number of ether oxygens (including phenoxy) is 1. The van der Waals surface area contributed by atoms with Gasteiger partial charge in [0.05, 0.1) is 12.1 Å². The molecule has 0 aliphatic carbocycles. The molecule has 1 fully saturated rings. The normalized spacial score (nSPS) is 20.6. The van der Waals surface area contributed by atoms with Gasteiger partial charge in [-0.1, -0.05) is 0 Å². The summed E-state index contributed by atoms with van der Waals surface area (Å²) in [5, 5.41) is 6.72. The molecule has 0 saturated carbocycles. The molecule has 0 aromatic rings. The Hall–Kier alpha value is -0.0800. The van der Waals surface area contributed by atoms with Crippen LogP contribution in [0.1, 0.15) is 27.2 Å². The molecule has 0 aromatic heterocycles. The number of nitrogens with one attached hydrogen (secondary N) is 2. The van der Waals surface area contributed by atoms with Crippen LogP contribution >= 0.6 is 24.0 Å². The van der Waals surface area contributed by atoms with Crippen LogP contribution in [-0.2, 0) is 4.74 Å². The van der Waals surface area contributed by atoms with Crippen molar-refractivity contribution in [3.63, 3.8) is 0 Å². The van der Waals surface area contributed by atoms with Crippen molar-refractivity contribution in [2.45, 2.75) is 32.8 Å². The molecule has 0 spiro atoms. The van der Waals surface area contributed by atoms with Crippen molar-refractivity contribution in [3.8, 4) is 0 Å². The summed E-state index contributed by atoms with van der Waals surface area (Å²) in [7, 11) is 3.91. The Labute approximate surface area is 140 Å². The number of halogens is 1. The Bertz CT molecular complexity index is 297. The molecule has 6 heteroatoms. The van der Waals surface area contributed by atoms with Gasteiger partial charge in [0.25, 0.3) is 0 Å². The molecular weight excluding hydrogens is 367 g/mol. The molecule has 0 amide bonds. The summed E-state index contributed by atoms with van der Waals surface area (Å²) in [4.78, 5) is 6.97. The highest BCUT2D eigenvalue weighted by Gasteiger charge is 2.20. The molecule has 120 valence electrons. The van der Waals surface area contributed by atoms with E-state index in [4.69, 9.17) is 4.74 Å². The van der Waals surface area contributed by atoms with Gasteiger partial charge in [-0.3, -0.25) is 4.99 Å². The van der Waals surface area contributed by atoms with Crippen LogP contribution in [-0.4, -0.2) is 63.3 Å². The Kier molecular flexibility index (Phi) is 9.74. The van der Waals surface area contributed by atoms with Gasteiger partial charge in [-0.05, 0) is 46.7 Å². The number of likely N-dealkylation sites (tertiary alicyclic amines) is 1. The summed E-state index contributed by atoms with van der Waals surface area (Å²) in [6.45, 7) is 11.1. The van der Waals surface area contributed by atoms with Crippen molar-refractivity contribution in [3.05, 3.63) is 0 Å². The van der Waals surface area contributed by atoms with E-state index in [1.165, 1.54) is 19.5 Å². The maximum Gasteiger partial charge on any atom is 0.191 e. The minimum absolute atomic E-state index is 0. The fourth-order valence-electron chi connectivity index (χ4n) is 2.11. The monoisotopic (exact) mass is 398 g/mol. The second-order valence-corrected chi connectivity index (χ2v) is 5.96. The highest BCUT2D eigenvalue weighted by atomic mass is 127. The molecule has 1 unspecified atom stereocenters. The molecule has 1 rings (SSSR count). The first-order valence-electron chi connectivity index (χ1n) is 7.22. The number of hydrogen-bond acceptors (Lipinski definition) is 3. The van der Waals surface area contributed by atoms with Gasteiger partial charge in [0.2, 0.25) is 0 Å². The predicted octanol–water partition coefficient (Wildman–Crippen LogP) is 1.54. The Morgan fingerprint density at radius 1 is 1.40 bits per heavy atom. The smallest absolute Gasteiger partial charge is 0.191 e. The summed E-state index contributed by atoms with van der Waals surface area (Å²) < 4.78 is 5.39. The van der Waals surface area contributed by atoms with Gasteiger partial charge in [0, 0.05) is 26.7 Å². The zero-order valence-corrected chi connectivity index (χ0v) is 15.9. The summed E-state index contributed by atoms with van der Waals surface area (Å²) >= 11 is 0. The van der Waals surface area contributed by atoms with Crippen LogP contribution in [0.2, 0.25) is 0 Å². The van der Waals surface area contributed by atoms with Crippen molar-refractivity contribution in [1.82, 2.24) is 15.5 Å². The lowest BCUT2D eigenvalue weighted by Crippen LogP contribution is -2.41. The predicted molar refractivity (Wildman–Crippen MR) is 96.1 cm³/mol. The highest BCUT2D eigenvalue weighted by Crippen LogP contribution is 2.12. The summed E-state index contributed by atoms with van der Waals surface area (Å²) in [5.74, 6) is 1.62. The Morgan fingerprint density at radius 3 is 2.60 bits per heavy atom. The zero-order valence-electron chi connectivity index (χ0n) is 13.5. The number of nitrogens with zero attached hydrogens (tertiary/aromatic N) is 2. The molecule has 0 aromatic carbocycles. The Balaban J connectivity index is 0.00000361. The summed E-state index contributed by atoms with van der Waals surface area (Å²) in [6, 6.07) is 0. The van der Waals surface area contributed by atoms with E-state index < -0.39 is 0 Å². The number of hydrogen-bond donors (Lipinski definition) is 2. The number of aliphatic imine (C=N–C) groups is 1. The van der Waals surface area contributed by atoms with Crippen molar-refractivity contribution < 1.29 is 4.74 Å². The van der Waals surface area contributed by atoms with Crippen LogP contribution < -0.4 is 10.6 Å². The first kappa shape index (κ1) is 19.9. The lowest BCUT2D eigenvalue weighted by atomic mass is 10.1. The molecule has 1 atom stereocenters. The van der Waals surface area contributed by atoms with Crippen LogP contribution in [0.25, 0.3) is 0 Å². The lowest BCUT2D eigenvalue weighted by Gasteiger charge is -2.21. The molecule has 1 aliphatic rings. The van der Waals surface area contributed by atoms with E-state index in [2.05, 4.69) is 34.5 Å². The summed E-state index contributed by atoms with van der Waals surface area (Å²) in [6.07, 6.45) is 1.27. The van der Waals surface area contributed by atoms with Gasteiger partial charge in [-0.15, -0.1) is 24.0 Å². The maximum atomic E-state index is 5.39. The third-order valence-electron chi connectivity index (χ3n) is 3.56. The zero-order chi connectivity index (χ0) is 14.3. The van der Waals surface area contributed by atoms with Gasteiger partial charge in [-0.2, -0.15) is 0 Å². The minimum atomic E-state index is -0.212. The topological polar surface area (TPSA) is 48.9 Å². The molecular formula is C14H31IN4O. The maximum absolute atomic E-state index is 5.39.